The third-order valence-electron chi connectivity index (χ3n) is 4.54. The normalized spacial score (nSPS) is 11.0. The third-order valence-corrected chi connectivity index (χ3v) is 4.54. The first-order valence-corrected chi connectivity index (χ1v) is 9.73. The van der Waals surface area contributed by atoms with Crippen molar-refractivity contribution in [1.29, 1.82) is 0 Å². The fraction of sp³-hybridized carbons (Fsp3) is 0.524. The average Bonchev–Trinajstić information content (AvgIpc) is 3.17. The summed E-state index contributed by atoms with van der Waals surface area (Å²) in [6.45, 7) is 9.05. The maximum atomic E-state index is 12.0. The Morgan fingerprint density at radius 3 is 2.81 bits per heavy atom. The van der Waals surface area contributed by atoms with Crippen LogP contribution in [0.1, 0.15) is 50.7 Å². The van der Waals surface area contributed by atoms with Crippen LogP contribution in [0.2, 0.25) is 0 Å². The molecule has 0 aliphatic rings. The lowest BCUT2D eigenvalue weighted by Gasteiger charge is -2.20. The second kappa shape index (κ2) is 11.5. The van der Waals surface area contributed by atoms with E-state index in [9.17, 15) is 4.79 Å². The van der Waals surface area contributed by atoms with Gasteiger partial charge in [-0.05, 0) is 37.1 Å². The fourth-order valence-electron chi connectivity index (χ4n) is 2.96. The van der Waals surface area contributed by atoms with Crippen molar-refractivity contribution in [3.63, 3.8) is 0 Å². The molecule has 5 heteroatoms. The standard InChI is InChI=1S/C21H32N4O/c1-3-5-12-24(4-2)17-20-9-6-8-19(15-20)16-23-21(26)10-7-13-25-14-11-22-18-25/h6,8-9,11,14-15,18H,3-5,7,10,12-13,16-17H2,1-2H3,(H,23,26). The number of benzene rings is 1. The Bertz CT molecular complexity index is 639. The highest BCUT2D eigenvalue weighted by Crippen LogP contribution is 2.09. The molecule has 1 aromatic heterocycles. The number of aromatic nitrogens is 2. The summed E-state index contributed by atoms with van der Waals surface area (Å²) in [7, 11) is 0. The van der Waals surface area contributed by atoms with Crippen molar-refractivity contribution in [2.24, 2.45) is 0 Å². The van der Waals surface area contributed by atoms with E-state index in [0.29, 0.717) is 13.0 Å². The highest BCUT2D eigenvalue weighted by Gasteiger charge is 2.05. The molecule has 1 N–H and O–H groups in total. The van der Waals surface area contributed by atoms with Gasteiger partial charge in [0.1, 0.15) is 0 Å². The molecule has 1 amide bonds. The molecule has 1 heterocycles. The third kappa shape index (κ3) is 7.40. The molecule has 0 fully saturated rings. The highest BCUT2D eigenvalue weighted by molar-refractivity contribution is 5.75. The number of carbonyl (C=O) groups excluding carboxylic acids is 1. The van der Waals surface area contributed by atoms with Crippen molar-refractivity contribution in [2.45, 2.75) is 59.2 Å². The van der Waals surface area contributed by atoms with E-state index >= 15 is 0 Å². The number of nitrogens with zero attached hydrogens (tertiary/aromatic N) is 3. The van der Waals surface area contributed by atoms with E-state index in [1.54, 1.807) is 12.5 Å². The zero-order chi connectivity index (χ0) is 18.6. The van der Waals surface area contributed by atoms with Gasteiger partial charge in [0.25, 0.3) is 0 Å². The van der Waals surface area contributed by atoms with Gasteiger partial charge in [-0.15, -0.1) is 0 Å². The Balaban J connectivity index is 1.73. The van der Waals surface area contributed by atoms with Crippen LogP contribution in [0.25, 0.3) is 0 Å². The smallest absolute Gasteiger partial charge is 0.220 e. The van der Waals surface area contributed by atoms with Gasteiger partial charge in [-0.25, -0.2) is 4.98 Å². The minimum Gasteiger partial charge on any atom is -0.352 e. The molecule has 0 unspecified atom stereocenters. The van der Waals surface area contributed by atoms with E-state index in [2.05, 4.69) is 53.3 Å². The second-order valence-electron chi connectivity index (χ2n) is 6.72. The molecule has 0 bridgehead atoms. The first-order chi connectivity index (χ1) is 12.7. The van der Waals surface area contributed by atoms with Crippen LogP contribution in [0.3, 0.4) is 0 Å². The topological polar surface area (TPSA) is 50.2 Å². The number of aryl methyl sites for hydroxylation is 1. The minimum absolute atomic E-state index is 0.105. The first-order valence-electron chi connectivity index (χ1n) is 9.73. The van der Waals surface area contributed by atoms with E-state index < -0.39 is 0 Å². The SMILES string of the molecule is CCCCN(CC)Cc1cccc(CNC(=O)CCCn2ccnc2)c1. The number of carbonyl (C=O) groups is 1. The molecule has 0 atom stereocenters. The van der Waals surface area contributed by atoms with Crippen LogP contribution in [0.5, 0.6) is 0 Å². The summed E-state index contributed by atoms with van der Waals surface area (Å²) in [5.41, 5.74) is 2.48. The summed E-state index contributed by atoms with van der Waals surface area (Å²) in [4.78, 5) is 18.5. The van der Waals surface area contributed by atoms with Gasteiger partial charge in [-0.3, -0.25) is 9.69 Å². The molecule has 0 saturated carbocycles. The van der Waals surface area contributed by atoms with Gasteiger partial charge >= 0.3 is 0 Å². The number of amides is 1. The van der Waals surface area contributed by atoms with Gasteiger partial charge in [0.2, 0.25) is 5.91 Å². The molecule has 26 heavy (non-hydrogen) atoms. The zero-order valence-corrected chi connectivity index (χ0v) is 16.2. The first kappa shape index (κ1) is 20.2. The van der Waals surface area contributed by atoms with E-state index in [0.717, 1.165) is 38.2 Å². The van der Waals surface area contributed by atoms with Gasteiger partial charge in [0.05, 0.1) is 6.33 Å². The predicted octanol–water partition coefficient (Wildman–Crippen LogP) is 3.60. The number of hydrogen-bond acceptors (Lipinski definition) is 3. The molecule has 1 aromatic carbocycles. The number of hydrogen-bond donors (Lipinski definition) is 1. The van der Waals surface area contributed by atoms with Crippen molar-refractivity contribution in [3.05, 3.63) is 54.1 Å². The van der Waals surface area contributed by atoms with Crippen LogP contribution < -0.4 is 5.32 Å². The molecule has 0 saturated heterocycles. The molecular weight excluding hydrogens is 324 g/mol. The average molecular weight is 357 g/mol. The van der Waals surface area contributed by atoms with Gasteiger partial charge in [-0.1, -0.05) is 44.5 Å². The lowest BCUT2D eigenvalue weighted by atomic mass is 10.1. The molecule has 2 rings (SSSR count). The van der Waals surface area contributed by atoms with E-state index in [-0.39, 0.29) is 5.91 Å². The van der Waals surface area contributed by atoms with Crippen molar-refractivity contribution in [1.82, 2.24) is 19.8 Å². The van der Waals surface area contributed by atoms with E-state index in [1.807, 2.05) is 10.8 Å². The van der Waals surface area contributed by atoms with Gasteiger partial charge < -0.3 is 9.88 Å². The van der Waals surface area contributed by atoms with Crippen molar-refractivity contribution in [3.8, 4) is 0 Å². The van der Waals surface area contributed by atoms with Crippen molar-refractivity contribution >= 4 is 5.91 Å². The van der Waals surface area contributed by atoms with Crippen LogP contribution >= 0.6 is 0 Å². The molecule has 0 aliphatic heterocycles. The lowest BCUT2D eigenvalue weighted by Crippen LogP contribution is -2.24. The second-order valence-corrected chi connectivity index (χ2v) is 6.72. The van der Waals surface area contributed by atoms with Crippen LogP contribution in [0.15, 0.2) is 43.0 Å². The van der Waals surface area contributed by atoms with Crippen LogP contribution in [-0.4, -0.2) is 33.4 Å². The summed E-state index contributed by atoms with van der Waals surface area (Å²) in [5.74, 6) is 0.105. The Labute approximate surface area is 157 Å². The number of rotatable bonds is 12. The molecule has 0 aliphatic carbocycles. The molecule has 5 nitrogen and oxygen atoms in total. The van der Waals surface area contributed by atoms with Crippen molar-refractivity contribution in [2.75, 3.05) is 13.1 Å². The minimum atomic E-state index is 0.105. The fourth-order valence-corrected chi connectivity index (χ4v) is 2.96. The molecule has 2 aromatic rings. The summed E-state index contributed by atoms with van der Waals surface area (Å²) in [5, 5.41) is 3.03. The maximum Gasteiger partial charge on any atom is 0.220 e. The monoisotopic (exact) mass is 356 g/mol. The Kier molecular flexibility index (Phi) is 8.90. The maximum absolute atomic E-state index is 12.0. The summed E-state index contributed by atoms with van der Waals surface area (Å²) in [6, 6.07) is 8.55. The number of unbranched alkanes of at least 4 members (excludes halogenated alkanes) is 1. The zero-order valence-electron chi connectivity index (χ0n) is 16.2. The molecule has 0 radical (unpaired) electrons. The van der Waals surface area contributed by atoms with E-state index in [4.69, 9.17) is 0 Å². The summed E-state index contributed by atoms with van der Waals surface area (Å²) >= 11 is 0. The van der Waals surface area contributed by atoms with Gasteiger partial charge in [-0.2, -0.15) is 0 Å². The quantitative estimate of drug-likeness (QED) is 0.632. The largest absolute Gasteiger partial charge is 0.352 e. The predicted molar refractivity (Wildman–Crippen MR) is 106 cm³/mol. The van der Waals surface area contributed by atoms with Crippen LogP contribution in [0, 0.1) is 0 Å². The molecule has 142 valence electrons. The number of nitrogens with one attached hydrogen (secondary N) is 1. The van der Waals surface area contributed by atoms with Crippen LogP contribution in [-0.2, 0) is 24.4 Å². The van der Waals surface area contributed by atoms with Gasteiger partial charge in [0, 0.05) is 38.4 Å². The van der Waals surface area contributed by atoms with Crippen molar-refractivity contribution < 1.29 is 4.79 Å². The van der Waals surface area contributed by atoms with Crippen LogP contribution in [0.4, 0.5) is 0 Å². The molecular formula is C21H32N4O. The number of imidazole rings is 1. The van der Waals surface area contributed by atoms with E-state index in [1.165, 1.54) is 18.4 Å². The Morgan fingerprint density at radius 1 is 1.23 bits per heavy atom. The lowest BCUT2D eigenvalue weighted by molar-refractivity contribution is -0.121. The Morgan fingerprint density at radius 2 is 2.08 bits per heavy atom. The Hall–Kier alpha value is -2.14. The molecule has 0 spiro atoms. The summed E-state index contributed by atoms with van der Waals surface area (Å²) < 4.78 is 1.99. The highest BCUT2D eigenvalue weighted by atomic mass is 16.1. The van der Waals surface area contributed by atoms with Gasteiger partial charge in [0.15, 0.2) is 0 Å². The summed E-state index contributed by atoms with van der Waals surface area (Å²) in [6.07, 6.45) is 9.29.